The lowest BCUT2D eigenvalue weighted by molar-refractivity contribution is -0.143. The number of rotatable bonds is 11. The van der Waals surface area contributed by atoms with Crippen LogP contribution in [0, 0.1) is 0 Å². The van der Waals surface area contributed by atoms with Gasteiger partial charge in [-0.15, -0.1) is 0 Å². The van der Waals surface area contributed by atoms with Crippen LogP contribution in [-0.2, 0) is 16.1 Å². The van der Waals surface area contributed by atoms with Crippen LogP contribution in [0.1, 0.15) is 38.7 Å². The van der Waals surface area contributed by atoms with Gasteiger partial charge in [0.15, 0.2) is 6.61 Å². The van der Waals surface area contributed by atoms with Crippen LogP contribution in [-0.4, -0.2) is 35.9 Å². The van der Waals surface area contributed by atoms with E-state index in [-0.39, 0.29) is 25.0 Å². The summed E-state index contributed by atoms with van der Waals surface area (Å²) in [7, 11) is 0. The van der Waals surface area contributed by atoms with Crippen molar-refractivity contribution in [3.63, 3.8) is 0 Å². The SMILES string of the molecule is CCCCNC(=O)[C@H](CC)N(Cc1ccc(Cl)cc1Cl)C(=O)COc1ccc(Br)cc1. The molecule has 31 heavy (non-hydrogen) atoms. The molecule has 0 saturated heterocycles. The number of unbranched alkanes of at least 4 members (excludes halogenated alkanes) is 1. The maximum absolute atomic E-state index is 13.1. The van der Waals surface area contributed by atoms with Crippen molar-refractivity contribution >= 4 is 50.9 Å². The molecule has 8 heteroatoms. The molecule has 1 N–H and O–H groups in total. The van der Waals surface area contributed by atoms with Gasteiger partial charge >= 0.3 is 0 Å². The molecule has 2 aromatic carbocycles. The number of amides is 2. The average Bonchev–Trinajstić information content (AvgIpc) is 2.74. The zero-order chi connectivity index (χ0) is 22.8. The second-order valence-corrected chi connectivity index (χ2v) is 8.83. The highest BCUT2D eigenvalue weighted by Gasteiger charge is 2.29. The molecule has 0 aromatic heterocycles. The van der Waals surface area contributed by atoms with Crippen LogP contribution >= 0.6 is 39.1 Å². The molecule has 0 aliphatic heterocycles. The Morgan fingerprint density at radius 1 is 1.13 bits per heavy atom. The number of benzene rings is 2. The summed E-state index contributed by atoms with van der Waals surface area (Å²) in [5.74, 6) is 0.0888. The van der Waals surface area contributed by atoms with Crippen LogP contribution in [0.15, 0.2) is 46.9 Å². The smallest absolute Gasteiger partial charge is 0.261 e. The highest BCUT2D eigenvalue weighted by atomic mass is 79.9. The Morgan fingerprint density at radius 2 is 1.84 bits per heavy atom. The molecule has 0 aliphatic carbocycles. The Morgan fingerprint density at radius 3 is 2.45 bits per heavy atom. The third-order valence-corrected chi connectivity index (χ3v) is 5.86. The van der Waals surface area contributed by atoms with E-state index in [0.717, 1.165) is 17.3 Å². The molecule has 2 amide bonds. The van der Waals surface area contributed by atoms with Crippen molar-refractivity contribution in [2.75, 3.05) is 13.2 Å². The summed E-state index contributed by atoms with van der Waals surface area (Å²) in [5, 5.41) is 3.88. The zero-order valence-corrected chi connectivity index (χ0v) is 20.8. The van der Waals surface area contributed by atoms with Crippen molar-refractivity contribution in [1.29, 1.82) is 0 Å². The Hall–Kier alpha value is -1.76. The van der Waals surface area contributed by atoms with Crippen LogP contribution in [0.3, 0.4) is 0 Å². The molecule has 0 heterocycles. The van der Waals surface area contributed by atoms with Crippen LogP contribution in [0.5, 0.6) is 5.75 Å². The Bertz CT molecular complexity index is 878. The van der Waals surface area contributed by atoms with Crippen molar-refractivity contribution in [3.8, 4) is 5.75 Å². The van der Waals surface area contributed by atoms with E-state index < -0.39 is 6.04 Å². The van der Waals surface area contributed by atoms with Crippen LogP contribution in [0.2, 0.25) is 10.0 Å². The highest BCUT2D eigenvalue weighted by Crippen LogP contribution is 2.24. The summed E-state index contributed by atoms with van der Waals surface area (Å²) in [6.45, 7) is 4.50. The van der Waals surface area contributed by atoms with Crippen LogP contribution < -0.4 is 10.1 Å². The van der Waals surface area contributed by atoms with E-state index in [2.05, 4.69) is 28.2 Å². The van der Waals surface area contributed by atoms with Crippen LogP contribution in [0.4, 0.5) is 0 Å². The third-order valence-electron chi connectivity index (χ3n) is 4.75. The number of hydrogen-bond donors (Lipinski definition) is 1. The highest BCUT2D eigenvalue weighted by molar-refractivity contribution is 9.10. The van der Waals surface area contributed by atoms with Crippen molar-refractivity contribution in [2.24, 2.45) is 0 Å². The summed E-state index contributed by atoms with van der Waals surface area (Å²) >= 11 is 15.7. The van der Waals surface area contributed by atoms with Crippen molar-refractivity contribution < 1.29 is 14.3 Å². The minimum atomic E-state index is -0.635. The van der Waals surface area contributed by atoms with Crippen molar-refractivity contribution in [3.05, 3.63) is 62.5 Å². The van der Waals surface area contributed by atoms with Gasteiger partial charge < -0.3 is 15.0 Å². The minimum Gasteiger partial charge on any atom is -0.484 e. The predicted octanol–water partition coefficient (Wildman–Crippen LogP) is 5.86. The quantitative estimate of drug-likeness (QED) is 0.371. The van der Waals surface area contributed by atoms with E-state index in [1.54, 1.807) is 30.3 Å². The molecule has 0 radical (unpaired) electrons. The monoisotopic (exact) mass is 528 g/mol. The first-order valence-electron chi connectivity index (χ1n) is 10.2. The summed E-state index contributed by atoms with van der Waals surface area (Å²) in [4.78, 5) is 27.5. The van der Waals surface area contributed by atoms with Crippen LogP contribution in [0.25, 0.3) is 0 Å². The topological polar surface area (TPSA) is 58.6 Å². The van der Waals surface area contributed by atoms with E-state index in [1.807, 2.05) is 19.1 Å². The summed E-state index contributed by atoms with van der Waals surface area (Å²) < 4.78 is 6.58. The molecule has 0 fully saturated rings. The van der Waals surface area contributed by atoms with Gasteiger partial charge in [0.2, 0.25) is 5.91 Å². The fourth-order valence-corrected chi connectivity index (χ4v) is 3.75. The van der Waals surface area contributed by atoms with Gasteiger partial charge in [0, 0.05) is 27.6 Å². The van der Waals surface area contributed by atoms with Gasteiger partial charge in [-0.3, -0.25) is 9.59 Å². The number of carbonyl (C=O) groups excluding carboxylic acids is 2. The number of nitrogens with zero attached hydrogens (tertiary/aromatic N) is 1. The third kappa shape index (κ3) is 8.02. The number of halogens is 3. The Labute approximate surface area is 202 Å². The van der Waals surface area contributed by atoms with E-state index in [9.17, 15) is 9.59 Å². The molecular weight excluding hydrogens is 503 g/mol. The van der Waals surface area contributed by atoms with Gasteiger partial charge in [-0.1, -0.05) is 65.5 Å². The first kappa shape index (κ1) is 25.5. The predicted molar refractivity (Wildman–Crippen MR) is 129 cm³/mol. The summed E-state index contributed by atoms with van der Waals surface area (Å²) in [5.41, 5.74) is 0.711. The van der Waals surface area contributed by atoms with Gasteiger partial charge in [-0.2, -0.15) is 0 Å². The second kappa shape index (κ2) is 12.9. The molecule has 2 aromatic rings. The Balaban J connectivity index is 2.20. The van der Waals surface area contributed by atoms with E-state index >= 15 is 0 Å². The maximum atomic E-state index is 13.1. The van der Waals surface area contributed by atoms with Gasteiger partial charge in [0.05, 0.1) is 0 Å². The molecule has 1 atom stereocenters. The molecule has 2 rings (SSSR count). The Kier molecular flexibility index (Phi) is 10.6. The number of ether oxygens (including phenoxy) is 1. The summed E-state index contributed by atoms with van der Waals surface area (Å²) in [6, 6.07) is 11.7. The van der Waals surface area contributed by atoms with Gasteiger partial charge in [0.25, 0.3) is 5.91 Å². The lowest BCUT2D eigenvalue weighted by Crippen LogP contribution is -2.50. The molecule has 0 aliphatic rings. The lowest BCUT2D eigenvalue weighted by Gasteiger charge is -2.31. The summed E-state index contributed by atoms with van der Waals surface area (Å²) in [6.07, 6.45) is 2.32. The average molecular weight is 530 g/mol. The van der Waals surface area contributed by atoms with Gasteiger partial charge in [0.1, 0.15) is 11.8 Å². The first-order chi connectivity index (χ1) is 14.8. The number of carbonyl (C=O) groups is 2. The fourth-order valence-electron chi connectivity index (χ4n) is 3.02. The molecular formula is C23H27BrCl2N2O3. The number of nitrogens with one attached hydrogen (secondary N) is 1. The fraction of sp³-hybridized carbons (Fsp3) is 0.391. The van der Waals surface area contributed by atoms with E-state index in [0.29, 0.717) is 34.3 Å². The molecule has 0 bridgehead atoms. The lowest BCUT2D eigenvalue weighted by atomic mass is 10.1. The van der Waals surface area contributed by atoms with Crippen molar-refractivity contribution in [1.82, 2.24) is 10.2 Å². The normalized spacial score (nSPS) is 11.6. The van der Waals surface area contributed by atoms with E-state index in [4.69, 9.17) is 27.9 Å². The van der Waals surface area contributed by atoms with Gasteiger partial charge in [-0.25, -0.2) is 0 Å². The first-order valence-corrected chi connectivity index (χ1v) is 11.8. The molecule has 5 nitrogen and oxygen atoms in total. The molecule has 0 unspecified atom stereocenters. The standard InChI is InChI=1S/C23H27BrCl2N2O3/c1-3-5-12-27-23(30)21(4-2)28(14-16-6-9-18(25)13-20(16)26)22(29)15-31-19-10-7-17(24)8-11-19/h6-11,13,21H,3-5,12,14-15H2,1-2H3,(H,27,30)/t21-/m0/s1. The van der Waals surface area contributed by atoms with Gasteiger partial charge in [-0.05, 0) is 54.8 Å². The van der Waals surface area contributed by atoms with Crippen molar-refractivity contribution in [2.45, 2.75) is 45.7 Å². The second-order valence-electron chi connectivity index (χ2n) is 7.07. The zero-order valence-electron chi connectivity index (χ0n) is 17.7. The molecule has 0 saturated carbocycles. The molecule has 0 spiro atoms. The largest absolute Gasteiger partial charge is 0.484 e. The molecule has 168 valence electrons. The minimum absolute atomic E-state index is 0.179. The van der Waals surface area contributed by atoms with E-state index in [1.165, 1.54) is 4.90 Å². The number of hydrogen-bond acceptors (Lipinski definition) is 3. The maximum Gasteiger partial charge on any atom is 0.261 e.